The summed E-state index contributed by atoms with van der Waals surface area (Å²) in [5.74, 6) is -1.08. The van der Waals surface area contributed by atoms with Gasteiger partial charge in [-0.2, -0.15) is 4.68 Å². The first kappa shape index (κ1) is 20.3. The zero-order valence-corrected chi connectivity index (χ0v) is 16.2. The van der Waals surface area contributed by atoms with Gasteiger partial charge in [0.05, 0.1) is 30.1 Å². The van der Waals surface area contributed by atoms with Gasteiger partial charge in [0.2, 0.25) is 5.91 Å². The minimum atomic E-state index is -0.740. The van der Waals surface area contributed by atoms with Crippen LogP contribution >= 0.6 is 11.6 Å². The molecule has 1 aromatic heterocycles. The van der Waals surface area contributed by atoms with Crippen LogP contribution in [0.25, 0.3) is 5.69 Å². The average molecular weight is 419 g/mol. The van der Waals surface area contributed by atoms with Crippen LogP contribution in [-0.2, 0) is 11.3 Å². The Balaban J connectivity index is 2.15. The summed E-state index contributed by atoms with van der Waals surface area (Å²) in [5.41, 5.74) is -0.388. The molecule has 0 saturated carbocycles. The molecule has 0 aliphatic carbocycles. The lowest BCUT2D eigenvalue weighted by molar-refractivity contribution is -0.114. The van der Waals surface area contributed by atoms with E-state index in [1.807, 2.05) is 0 Å². The number of anilines is 1. The molecule has 0 aliphatic rings. The van der Waals surface area contributed by atoms with Crippen molar-refractivity contribution in [3.63, 3.8) is 0 Å². The predicted molar refractivity (Wildman–Crippen MR) is 105 cm³/mol. The van der Waals surface area contributed by atoms with Crippen molar-refractivity contribution in [1.29, 1.82) is 0 Å². The first-order chi connectivity index (χ1) is 13.8. The van der Waals surface area contributed by atoms with E-state index >= 15 is 0 Å². The lowest BCUT2D eigenvalue weighted by Gasteiger charge is -2.13. The van der Waals surface area contributed by atoms with Crippen LogP contribution in [0.4, 0.5) is 10.1 Å². The number of methoxy groups -OCH3 is 1. The number of carbonyl (C=O) groups excluding carboxylic acids is 1. The van der Waals surface area contributed by atoms with Gasteiger partial charge in [0.25, 0.3) is 5.88 Å². The number of nitrogens with one attached hydrogen (secondary N) is 1. The molecule has 1 N–H and O–H groups in total. The molecule has 0 unspecified atom stereocenters. The predicted octanol–water partition coefficient (Wildman–Crippen LogP) is 2.20. The summed E-state index contributed by atoms with van der Waals surface area (Å²) in [6.07, 6.45) is 0. The van der Waals surface area contributed by atoms with Gasteiger partial charge < -0.3 is 10.1 Å². The second kappa shape index (κ2) is 8.27. The summed E-state index contributed by atoms with van der Waals surface area (Å²) in [6, 6.07) is 9.84. The molecule has 29 heavy (non-hydrogen) atoms. The molecule has 3 rings (SSSR count). The van der Waals surface area contributed by atoms with E-state index in [9.17, 15) is 18.8 Å². The van der Waals surface area contributed by atoms with Crippen LogP contribution in [0.2, 0.25) is 5.02 Å². The van der Waals surface area contributed by atoms with E-state index in [2.05, 4.69) is 10.4 Å². The number of rotatable bonds is 5. The fourth-order valence-electron chi connectivity index (χ4n) is 2.63. The van der Waals surface area contributed by atoms with Crippen molar-refractivity contribution >= 4 is 23.2 Å². The fraction of sp³-hybridized carbons (Fsp3) is 0.158. The van der Waals surface area contributed by atoms with Gasteiger partial charge in [-0.3, -0.25) is 9.59 Å². The first-order valence-corrected chi connectivity index (χ1v) is 8.78. The zero-order chi connectivity index (χ0) is 21.1. The molecule has 0 fully saturated rings. The fourth-order valence-corrected chi connectivity index (χ4v) is 2.80. The Morgan fingerprint density at radius 2 is 1.90 bits per heavy atom. The number of aromatic nitrogens is 3. The molecule has 150 valence electrons. The van der Waals surface area contributed by atoms with Crippen LogP contribution in [-0.4, -0.2) is 27.4 Å². The second-order valence-corrected chi connectivity index (χ2v) is 6.47. The molecule has 3 aromatic rings. The lowest BCUT2D eigenvalue weighted by Crippen LogP contribution is -2.41. The summed E-state index contributed by atoms with van der Waals surface area (Å²) in [7, 11) is 1.26. The molecule has 1 heterocycles. The summed E-state index contributed by atoms with van der Waals surface area (Å²) in [6.45, 7) is 1.21. The SMILES string of the molecule is COc1nn(-c2ccc(Cl)c(NC(C)=O)c2)c(=O)n(Cc2ccc(F)cc2)c1=O. The van der Waals surface area contributed by atoms with Crippen molar-refractivity contribution < 1.29 is 13.9 Å². The molecular formula is C19H16ClFN4O4. The normalized spacial score (nSPS) is 10.6. The van der Waals surface area contributed by atoms with Crippen LogP contribution in [0.3, 0.4) is 0 Å². The van der Waals surface area contributed by atoms with Gasteiger partial charge in [-0.1, -0.05) is 23.7 Å². The minimum Gasteiger partial charge on any atom is -0.476 e. The summed E-state index contributed by atoms with van der Waals surface area (Å²) in [4.78, 5) is 36.9. The Morgan fingerprint density at radius 1 is 1.21 bits per heavy atom. The highest BCUT2D eigenvalue weighted by Crippen LogP contribution is 2.24. The van der Waals surface area contributed by atoms with Crippen molar-refractivity contribution in [3.8, 4) is 11.6 Å². The maximum Gasteiger partial charge on any atom is 0.352 e. The Kier molecular flexibility index (Phi) is 5.79. The molecule has 8 nitrogen and oxygen atoms in total. The van der Waals surface area contributed by atoms with Crippen LogP contribution < -0.4 is 21.3 Å². The number of carbonyl (C=O) groups is 1. The minimum absolute atomic E-state index is 0.108. The van der Waals surface area contributed by atoms with E-state index in [0.29, 0.717) is 5.56 Å². The van der Waals surface area contributed by atoms with E-state index in [-0.39, 0.29) is 34.7 Å². The molecule has 10 heteroatoms. The Bertz CT molecular complexity index is 1190. The van der Waals surface area contributed by atoms with Crippen molar-refractivity contribution in [2.24, 2.45) is 0 Å². The summed E-state index contributed by atoms with van der Waals surface area (Å²) in [5, 5.41) is 6.78. The molecular weight excluding hydrogens is 403 g/mol. The average Bonchev–Trinajstić information content (AvgIpc) is 2.68. The third-order valence-electron chi connectivity index (χ3n) is 3.98. The number of ether oxygens (including phenoxy) is 1. The molecule has 1 amide bonds. The van der Waals surface area contributed by atoms with Gasteiger partial charge in [0, 0.05) is 6.92 Å². The quantitative estimate of drug-likeness (QED) is 0.685. The number of amides is 1. The lowest BCUT2D eigenvalue weighted by atomic mass is 10.2. The molecule has 0 spiro atoms. The van der Waals surface area contributed by atoms with Gasteiger partial charge in [0.15, 0.2) is 0 Å². The van der Waals surface area contributed by atoms with Gasteiger partial charge in [0.1, 0.15) is 5.82 Å². The van der Waals surface area contributed by atoms with Gasteiger partial charge >= 0.3 is 11.2 Å². The molecule has 0 aliphatic heterocycles. The second-order valence-electron chi connectivity index (χ2n) is 6.07. The molecule has 0 bridgehead atoms. The summed E-state index contributed by atoms with van der Waals surface area (Å²) >= 11 is 6.07. The molecule has 2 aromatic carbocycles. The maximum atomic E-state index is 13.1. The van der Waals surface area contributed by atoms with Crippen LogP contribution in [0, 0.1) is 5.82 Å². The van der Waals surface area contributed by atoms with Crippen molar-refractivity contribution in [1.82, 2.24) is 14.3 Å². The van der Waals surface area contributed by atoms with E-state index < -0.39 is 17.1 Å². The molecule has 0 saturated heterocycles. The first-order valence-electron chi connectivity index (χ1n) is 8.40. The van der Waals surface area contributed by atoms with E-state index in [1.165, 1.54) is 56.5 Å². The number of hydrogen-bond acceptors (Lipinski definition) is 5. The zero-order valence-electron chi connectivity index (χ0n) is 15.5. The van der Waals surface area contributed by atoms with Crippen molar-refractivity contribution in [2.75, 3.05) is 12.4 Å². The highest BCUT2D eigenvalue weighted by atomic mass is 35.5. The topological polar surface area (TPSA) is 95.2 Å². The third-order valence-corrected chi connectivity index (χ3v) is 4.31. The number of hydrogen-bond donors (Lipinski definition) is 1. The Hall–Kier alpha value is -3.46. The van der Waals surface area contributed by atoms with Gasteiger partial charge in [-0.05, 0) is 35.9 Å². The summed E-state index contributed by atoms with van der Waals surface area (Å²) < 4.78 is 20.0. The highest BCUT2D eigenvalue weighted by Gasteiger charge is 2.16. The third kappa shape index (κ3) is 4.35. The monoisotopic (exact) mass is 418 g/mol. The standard InChI is InChI=1S/C19H16ClFN4O4/c1-11(26)22-16-9-14(7-8-15(16)20)25-19(28)24(18(27)17(23-25)29-2)10-12-3-5-13(21)6-4-12/h3-9H,10H2,1-2H3,(H,22,26). The number of benzene rings is 2. The number of nitrogens with zero attached hydrogens (tertiary/aromatic N) is 3. The van der Waals surface area contributed by atoms with Crippen LogP contribution in [0.15, 0.2) is 52.1 Å². The largest absolute Gasteiger partial charge is 0.476 e. The Morgan fingerprint density at radius 3 is 2.52 bits per heavy atom. The van der Waals surface area contributed by atoms with Gasteiger partial charge in [-0.15, -0.1) is 5.10 Å². The highest BCUT2D eigenvalue weighted by molar-refractivity contribution is 6.33. The van der Waals surface area contributed by atoms with E-state index in [0.717, 1.165) is 9.25 Å². The van der Waals surface area contributed by atoms with E-state index in [4.69, 9.17) is 16.3 Å². The smallest absolute Gasteiger partial charge is 0.352 e. The van der Waals surface area contributed by atoms with Crippen LogP contribution in [0.1, 0.15) is 12.5 Å². The maximum absolute atomic E-state index is 13.1. The molecule has 0 atom stereocenters. The van der Waals surface area contributed by atoms with Crippen molar-refractivity contribution in [3.05, 3.63) is 79.7 Å². The van der Waals surface area contributed by atoms with Crippen molar-refractivity contribution in [2.45, 2.75) is 13.5 Å². The Labute approximate surface area is 169 Å². The number of halogens is 2. The van der Waals surface area contributed by atoms with E-state index in [1.54, 1.807) is 0 Å². The molecule has 0 radical (unpaired) electrons. The van der Waals surface area contributed by atoms with Gasteiger partial charge in [-0.25, -0.2) is 13.8 Å². The van der Waals surface area contributed by atoms with Crippen LogP contribution in [0.5, 0.6) is 5.88 Å².